The first kappa shape index (κ1) is 18.4. The first-order valence-electron chi connectivity index (χ1n) is 7.43. The molecule has 24 heavy (non-hydrogen) atoms. The van der Waals surface area contributed by atoms with Gasteiger partial charge in [0.1, 0.15) is 0 Å². The van der Waals surface area contributed by atoms with Crippen molar-refractivity contribution in [2.45, 2.75) is 6.42 Å². The number of rotatable bonds is 7. The molecule has 2 N–H and O–H groups in total. The Kier molecular flexibility index (Phi) is 6.78. The maximum absolute atomic E-state index is 12.2. The third-order valence-corrected chi connectivity index (χ3v) is 3.72. The SMILES string of the molecule is CN(C)CCCNc1ncc(C(=O)Nc2cc(Cl)ccc2Cl)cn1. The summed E-state index contributed by atoms with van der Waals surface area (Å²) in [6.45, 7) is 1.75. The van der Waals surface area contributed by atoms with Crippen LogP contribution in [0.5, 0.6) is 0 Å². The van der Waals surface area contributed by atoms with E-state index >= 15 is 0 Å². The molecule has 0 aliphatic rings. The van der Waals surface area contributed by atoms with Crippen LogP contribution in [-0.2, 0) is 0 Å². The van der Waals surface area contributed by atoms with Gasteiger partial charge in [-0.25, -0.2) is 9.97 Å². The molecule has 1 aromatic heterocycles. The Balaban J connectivity index is 1.92. The lowest BCUT2D eigenvalue weighted by atomic mass is 10.2. The molecule has 2 rings (SSSR count). The topological polar surface area (TPSA) is 70.2 Å². The Bertz CT molecular complexity index is 691. The fourth-order valence-corrected chi connectivity index (χ4v) is 2.26. The minimum atomic E-state index is -0.349. The summed E-state index contributed by atoms with van der Waals surface area (Å²) >= 11 is 11.9. The van der Waals surface area contributed by atoms with Gasteiger partial charge in [-0.05, 0) is 45.3 Å². The van der Waals surface area contributed by atoms with Gasteiger partial charge in [0.2, 0.25) is 5.95 Å². The van der Waals surface area contributed by atoms with E-state index in [2.05, 4.69) is 25.5 Å². The molecule has 128 valence electrons. The van der Waals surface area contributed by atoms with Crippen LogP contribution in [0.3, 0.4) is 0 Å². The molecule has 8 heteroatoms. The summed E-state index contributed by atoms with van der Waals surface area (Å²) in [6.07, 6.45) is 3.91. The van der Waals surface area contributed by atoms with Crippen molar-refractivity contribution < 1.29 is 4.79 Å². The molecule has 0 aliphatic heterocycles. The zero-order valence-electron chi connectivity index (χ0n) is 13.5. The van der Waals surface area contributed by atoms with Gasteiger partial charge in [-0.15, -0.1) is 0 Å². The summed E-state index contributed by atoms with van der Waals surface area (Å²) in [5.41, 5.74) is 0.782. The summed E-state index contributed by atoms with van der Waals surface area (Å²) in [5.74, 6) is 0.143. The number of carbonyl (C=O) groups is 1. The van der Waals surface area contributed by atoms with Gasteiger partial charge in [-0.2, -0.15) is 0 Å². The molecule has 1 aromatic carbocycles. The number of amides is 1. The number of aromatic nitrogens is 2. The quantitative estimate of drug-likeness (QED) is 0.733. The molecule has 1 heterocycles. The van der Waals surface area contributed by atoms with Crippen molar-refractivity contribution in [1.29, 1.82) is 0 Å². The summed E-state index contributed by atoms with van der Waals surface area (Å²) < 4.78 is 0. The Morgan fingerprint density at radius 1 is 1.21 bits per heavy atom. The van der Waals surface area contributed by atoms with Crippen LogP contribution in [-0.4, -0.2) is 48.0 Å². The zero-order chi connectivity index (χ0) is 17.5. The van der Waals surface area contributed by atoms with E-state index in [4.69, 9.17) is 23.2 Å². The lowest BCUT2D eigenvalue weighted by Crippen LogP contribution is -2.17. The van der Waals surface area contributed by atoms with Gasteiger partial charge < -0.3 is 15.5 Å². The maximum Gasteiger partial charge on any atom is 0.258 e. The van der Waals surface area contributed by atoms with Crippen LogP contribution in [0.25, 0.3) is 0 Å². The van der Waals surface area contributed by atoms with Gasteiger partial charge in [0.05, 0.1) is 16.3 Å². The number of benzene rings is 1. The number of halogens is 2. The Morgan fingerprint density at radius 3 is 2.58 bits per heavy atom. The third kappa shape index (κ3) is 5.63. The first-order chi connectivity index (χ1) is 11.5. The number of hydrogen-bond donors (Lipinski definition) is 2. The van der Waals surface area contributed by atoms with Crippen molar-refractivity contribution >= 4 is 40.7 Å². The largest absolute Gasteiger partial charge is 0.354 e. The van der Waals surface area contributed by atoms with E-state index in [1.54, 1.807) is 18.2 Å². The average molecular weight is 368 g/mol. The number of carbonyl (C=O) groups excluding carboxylic acids is 1. The highest BCUT2D eigenvalue weighted by molar-refractivity contribution is 6.35. The van der Waals surface area contributed by atoms with Crippen molar-refractivity contribution in [2.75, 3.05) is 37.8 Å². The van der Waals surface area contributed by atoms with Crippen molar-refractivity contribution in [3.63, 3.8) is 0 Å². The van der Waals surface area contributed by atoms with Gasteiger partial charge in [-0.3, -0.25) is 4.79 Å². The number of nitrogens with one attached hydrogen (secondary N) is 2. The van der Waals surface area contributed by atoms with Crippen molar-refractivity contribution in [1.82, 2.24) is 14.9 Å². The van der Waals surface area contributed by atoms with E-state index < -0.39 is 0 Å². The molecular weight excluding hydrogens is 349 g/mol. The summed E-state index contributed by atoms with van der Waals surface area (Å²) in [5, 5.41) is 6.70. The molecule has 0 saturated heterocycles. The van der Waals surface area contributed by atoms with Gasteiger partial charge in [-0.1, -0.05) is 23.2 Å². The maximum atomic E-state index is 12.2. The molecule has 2 aromatic rings. The van der Waals surface area contributed by atoms with Crippen LogP contribution in [0.4, 0.5) is 11.6 Å². The van der Waals surface area contributed by atoms with Crippen LogP contribution in [0.15, 0.2) is 30.6 Å². The van der Waals surface area contributed by atoms with E-state index in [0.717, 1.165) is 19.5 Å². The minimum Gasteiger partial charge on any atom is -0.354 e. The van der Waals surface area contributed by atoms with Crippen molar-refractivity contribution in [3.8, 4) is 0 Å². The van der Waals surface area contributed by atoms with E-state index in [1.807, 2.05) is 14.1 Å². The lowest BCUT2D eigenvalue weighted by Gasteiger charge is -2.10. The molecule has 1 amide bonds. The second-order valence-corrected chi connectivity index (χ2v) is 6.30. The van der Waals surface area contributed by atoms with Crippen LogP contribution in [0, 0.1) is 0 Å². The van der Waals surface area contributed by atoms with E-state index in [9.17, 15) is 4.79 Å². The Hall–Kier alpha value is -1.89. The van der Waals surface area contributed by atoms with E-state index in [1.165, 1.54) is 12.4 Å². The normalized spacial score (nSPS) is 10.7. The van der Waals surface area contributed by atoms with E-state index in [-0.39, 0.29) is 5.91 Å². The molecular formula is C16H19Cl2N5O. The molecule has 0 saturated carbocycles. The minimum absolute atomic E-state index is 0.338. The molecule has 0 radical (unpaired) electrons. The number of anilines is 2. The summed E-state index contributed by atoms with van der Waals surface area (Å²) in [6, 6.07) is 4.86. The molecule has 0 spiro atoms. The molecule has 6 nitrogen and oxygen atoms in total. The van der Waals surface area contributed by atoms with Gasteiger partial charge in [0, 0.05) is 24.0 Å². The second kappa shape index (κ2) is 8.82. The molecule has 0 atom stereocenters. The summed E-state index contributed by atoms with van der Waals surface area (Å²) in [7, 11) is 4.05. The zero-order valence-corrected chi connectivity index (χ0v) is 15.0. The van der Waals surface area contributed by atoms with Crippen molar-refractivity contribution in [2.24, 2.45) is 0 Å². The molecule has 0 aliphatic carbocycles. The van der Waals surface area contributed by atoms with Crippen molar-refractivity contribution in [3.05, 3.63) is 46.2 Å². The summed E-state index contributed by atoms with van der Waals surface area (Å²) in [4.78, 5) is 22.6. The molecule has 0 unspecified atom stereocenters. The predicted molar refractivity (Wildman–Crippen MR) is 98.1 cm³/mol. The highest BCUT2D eigenvalue weighted by Gasteiger charge is 2.10. The highest BCUT2D eigenvalue weighted by atomic mass is 35.5. The monoisotopic (exact) mass is 367 g/mol. The Morgan fingerprint density at radius 2 is 1.92 bits per heavy atom. The fourth-order valence-electron chi connectivity index (χ4n) is 1.92. The predicted octanol–water partition coefficient (Wildman–Crippen LogP) is 3.40. The molecule has 0 bridgehead atoms. The number of hydrogen-bond acceptors (Lipinski definition) is 5. The van der Waals surface area contributed by atoms with Gasteiger partial charge >= 0.3 is 0 Å². The lowest BCUT2D eigenvalue weighted by molar-refractivity contribution is 0.102. The van der Waals surface area contributed by atoms with Crippen LogP contribution < -0.4 is 10.6 Å². The second-order valence-electron chi connectivity index (χ2n) is 5.46. The van der Waals surface area contributed by atoms with Gasteiger partial charge in [0.15, 0.2) is 0 Å². The Labute approximate surface area is 151 Å². The van der Waals surface area contributed by atoms with Crippen LogP contribution >= 0.6 is 23.2 Å². The van der Waals surface area contributed by atoms with Gasteiger partial charge in [0.25, 0.3) is 5.91 Å². The third-order valence-electron chi connectivity index (χ3n) is 3.16. The standard InChI is InChI=1S/C16H19Cl2N5O/c1-23(2)7-3-6-19-16-20-9-11(10-21-16)15(24)22-14-8-12(17)4-5-13(14)18/h4-5,8-10H,3,6-7H2,1-2H3,(H,22,24)(H,19,20,21). The number of nitrogens with zero attached hydrogens (tertiary/aromatic N) is 3. The smallest absolute Gasteiger partial charge is 0.258 e. The fraction of sp³-hybridized carbons (Fsp3) is 0.312. The van der Waals surface area contributed by atoms with Crippen LogP contribution in [0.1, 0.15) is 16.8 Å². The first-order valence-corrected chi connectivity index (χ1v) is 8.18. The molecule has 0 fully saturated rings. The van der Waals surface area contributed by atoms with Crippen LogP contribution in [0.2, 0.25) is 10.0 Å². The highest BCUT2D eigenvalue weighted by Crippen LogP contribution is 2.25. The van der Waals surface area contributed by atoms with E-state index in [0.29, 0.717) is 27.2 Å². The average Bonchev–Trinajstić information content (AvgIpc) is 2.55.